The molecule has 2 aromatic heterocycles. The van der Waals surface area contributed by atoms with E-state index in [9.17, 15) is 9.59 Å². The normalized spacial score (nSPS) is 15.8. The molecule has 3 heterocycles. The number of rotatable bonds is 3. The third-order valence-corrected chi connectivity index (χ3v) is 4.69. The van der Waals surface area contributed by atoms with Gasteiger partial charge in [-0.2, -0.15) is 0 Å². The van der Waals surface area contributed by atoms with E-state index < -0.39 is 0 Å². The molecule has 0 bridgehead atoms. The number of likely N-dealkylation sites (tertiary alicyclic amines) is 1. The van der Waals surface area contributed by atoms with E-state index in [0.717, 1.165) is 4.88 Å². The van der Waals surface area contributed by atoms with Gasteiger partial charge < -0.3 is 14.2 Å². The van der Waals surface area contributed by atoms with Gasteiger partial charge in [-0.3, -0.25) is 9.59 Å². The Morgan fingerprint density at radius 2 is 2.18 bits per heavy atom. The number of hydrogen-bond acceptors (Lipinski definition) is 6. The second kappa shape index (κ2) is 6.31. The molecule has 1 fully saturated rings. The Labute approximate surface area is 131 Å². The van der Waals surface area contributed by atoms with E-state index in [1.54, 1.807) is 11.0 Å². The van der Waals surface area contributed by atoms with Gasteiger partial charge in [-0.05, 0) is 24.3 Å². The highest BCUT2D eigenvalue weighted by Gasteiger charge is 2.29. The number of aromatic nitrogens is 1. The number of carbonyl (C=O) groups excluding carboxylic acids is 2. The molecule has 1 saturated heterocycles. The molecule has 22 heavy (non-hydrogen) atoms. The fraction of sp³-hybridized carbons (Fsp3) is 0.400. The third kappa shape index (κ3) is 2.89. The molecule has 0 unspecified atom stereocenters. The van der Waals surface area contributed by atoms with Crippen LogP contribution in [0.25, 0.3) is 10.6 Å². The highest BCUT2D eigenvalue weighted by Crippen LogP contribution is 2.26. The molecular formula is C15H16N2O4S. The first-order chi connectivity index (χ1) is 10.7. The number of nitrogens with zero attached hydrogens (tertiary/aromatic N) is 2. The zero-order valence-corrected chi connectivity index (χ0v) is 13.0. The molecule has 6 nitrogen and oxygen atoms in total. The van der Waals surface area contributed by atoms with Crippen LogP contribution in [0.15, 0.2) is 28.1 Å². The lowest BCUT2D eigenvalue weighted by Crippen LogP contribution is -2.40. The number of ether oxygens (including phenoxy) is 1. The fourth-order valence-electron chi connectivity index (χ4n) is 2.56. The van der Waals surface area contributed by atoms with E-state index in [0.29, 0.717) is 37.4 Å². The summed E-state index contributed by atoms with van der Waals surface area (Å²) in [5, 5.41) is 5.81. The van der Waals surface area contributed by atoms with Crippen molar-refractivity contribution >= 4 is 23.2 Å². The second-order valence-electron chi connectivity index (χ2n) is 5.14. The van der Waals surface area contributed by atoms with Gasteiger partial charge in [-0.25, -0.2) is 0 Å². The van der Waals surface area contributed by atoms with Crippen LogP contribution in [0.1, 0.15) is 23.3 Å². The van der Waals surface area contributed by atoms with Crippen molar-refractivity contribution in [3.05, 3.63) is 29.3 Å². The van der Waals surface area contributed by atoms with Crippen LogP contribution in [0, 0.1) is 5.92 Å². The molecule has 116 valence electrons. The van der Waals surface area contributed by atoms with Gasteiger partial charge >= 0.3 is 5.97 Å². The van der Waals surface area contributed by atoms with Crippen LogP contribution in [0.4, 0.5) is 0 Å². The summed E-state index contributed by atoms with van der Waals surface area (Å²) in [6.07, 6.45) is 1.24. The first-order valence-corrected chi connectivity index (χ1v) is 7.94. The van der Waals surface area contributed by atoms with Crippen LogP contribution in [0.3, 0.4) is 0 Å². The lowest BCUT2D eigenvalue weighted by molar-refractivity contribution is -0.146. The van der Waals surface area contributed by atoms with E-state index in [-0.39, 0.29) is 17.8 Å². The molecule has 0 saturated carbocycles. The molecule has 0 radical (unpaired) electrons. The van der Waals surface area contributed by atoms with Crippen LogP contribution in [0.2, 0.25) is 0 Å². The largest absolute Gasteiger partial charge is 0.469 e. The molecular weight excluding hydrogens is 304 g/mol. The fourth-order valence-corrected chi connectivity index (χ4v) is 3.23. The summed E-state index contributed by atoms with van der Waals surface area (Å²) in [5.74, 6) is 0.124. The van der Waals surface area contributed by atoms with Crippen LogP contribution in [-0.4, -0.2) is 42.1 Å². The average Bonchev–Trinajstić information content (AvgIpc) is 3.24. The number of esters is 1. The van der Waals surface area contributed by atoms with Gasteiger partial charge in [0.25, 0.3) is 5.91 Å². The molecule has 1 aliphatic heterocycles. The summed E-state index contributed by atoms with van der Waals surface area (Å²) < 4.78 is 9.98. The molecule has 1 aliphatic rings. The van der Waals surface area contributed by atoms with E-state index in [2.05, 4.69) is 5.16 Å². The van der Waals surface area contributed by atoms with Gasteiger partial charge in [-0.1, -0.05) is 11.2 Å². The van der Waals surface area contributed by atoms with Gasteiger partial charge in [-0.15, -0.1) is 11.3 Å². The maximum absolute atomic E-state index is 12.4. The highest BCUT2D eigenvalue weighted by molar-refractivity contribution is 7.13. The maximum atomic E-state index is 12.4. The predicted molar refractivity (Wildman–Crippen MR) is 80.5 cm³/mol. The van der Waals surface area contributed by atoms with Crippen molar-refractivity contribution in [1.82, 2.24) is 10.1 Å². The van der Waals surface area contributed by atoms with E-state index in [4.69, 9.17) is 9.26 Å². The molecule has 0 spiro atoms. The zero-order valence-electron chi connectivity index (χ0n) is 12.2. The van der Waals surface area contributed by atoms with Crippen molar-refractivity contribution in [2.45, 2.75) is 12.8 Å². The second-order valence-corrected chi connectivity index (χ2v) is 6.09. The monoisotopic (exact) mass is 320 g/mol. The Morgan fingerprint density at radius 1 is 1.41 bits per heavy atom. The van der Waals surface area contributed by atoms with Crippen LogP contribution in [0.5, 0.6) is 0 Å². The molecule has 7 heteroatoms. The molecule has 1 amide bonds. The van der Waals surface area contributed by atoms with Crippen molar-refractivity contribution in [2.24, 2.45) is 5.92 Å². The molecule has 2 aromatic rings. The maximum Gasteiger partial charge on any atom is 0.308 e. The predicted octanol–water partition coefficient (Wildman–Crippen LogP) is 2.43. The third-order valence-electron chi connectivity index (χ3n) is 3.81. The highest BCUT2D eigenvalue weighted by atomic mass is 32.1. The Bertz CT molecular complexity index is 657. The van der Waals surface area contributed by atoms with Crippen molar-refractivity contribution in [3.8, 4) is 10.6 Å². The SMILES string of the molecule is COC(=O)C1CCN(C(=O)c2cc(-c3cccs3)on2)CC1. The Kier molecular flexibility index (Phi) is 4.24. The van der Waals surface area contributed by atoms with Gasteiger partial charge in [0.15, 0.2) is 11.5 Å². The van der Waals surface area contributed by atoms with Crippen LogP contribution >= 0.6 is 11.3 Å². The van der Waals surface area contributed by atoms with Crippen LogP contribution in [-0.2, 0) is 9.53 Å². The van der Waals surface area contributed by atoms with E-state index >= 15 is 0 Å². The number of piperidine rings is 1. The number of amides is 1. The standard InChI is InChI=1S/C15H16N2O4S/c1-20-15(19)10-4-6-17(7-5-10)14(18)11-9-12(21-16-11)13-3-2-8-22-13/h2-3,8-10H,4-7H2,1H3. The van der Waals surface area contributed by atoms with E-state index in [1.165, 1.54) is 18.4 Å². The van der Waals surface area contributed by atoms with Crippen molar-refractivity contribution in [2.75, 3.05) is 20.2 Å². The Hall–Kier alpha value is -2.15. The first kappa shape index (κ1) is 14.8. The van der Waals surface area contributed by atoms with Gasteiger partial charge in [0, 0.05) is 19.2 Å². The summed E-state index contributed by atoms with van der Waals surface area (Å²) in [6, 6.07) is 5.50. The minimum Gasteiger partial charge on any atom is -0.469 e. The summed E-state index contributed by atoms with van der Waals surface area (Å²) in [6.45, 7) is 1.06. The lowest BCUT2D eigenvalue weighted by atomic mass is 9.97. The molecule has 0 aromatic carbocycles. The van der Waals surface area contributed by atoms with E-state index in [1.807, 2.05) is 17.5 Å². The minimum atomic E-state index is -0.200. The molecule has 0 N–H and O–H groups in total. The lowest BCUT2D eigenvalue weighted by Gasteiger charge is -2.29. The number of methoxy groups -OCH3 is 1. The van der Waals surface area contributed by atoms with Crippen molar-refractivity contribution in [1.29, 1.82) is 0 Å². The quantitative estimate of drug-likeness (QED) is 0.812. The van der Waals surface area contributed by atoms with Gasteiger partial charge in [0.1, 0.15) is 0 Å². The van der Waals surface area contributed by atoms with Gasteiger partial charge in [0.05, 0.1) is 17.9 Å². The summed E-state index contributed by atoms with van der Waals surface area (Å²) in [5.41, 5.74) is 0.305. The molecule has 0 aliphatic carbocycles. The smallest absolute Gasteiger partial charge is 0.308 e. The Morgan fingerprint density at radius 3 is 2.82 bits per heavy atom. The van der Waals surface area contributed by atoms with Crippen molar-refractivity contribution < 1.29 is 18.8 Å². The molecule has 3 rings (SSSR count). The summed E-state index contributed by atoms with van der Waals surface area (Å²) in [7, 11) is 1.39. The summed E-state index contributed by atoms with van der Waals surface area (Å²) in [4.78, 5) is 26.6. The number of thiophene rings is 1. The first-order valence-electron chi connectivity index (χ1n) is 7.06. The number of carbonyl (C=O) groups is 2. The topological polar surface area (TPSA) is 72.6 Å². The van der Waals surface area contributed by atoms with Gasteiger partial charge in [0.2, 0.25) is 0 Å². The van der Waals surface area contributed by atoms with Crippen molar-refractivity contribution in [3.63, 3.8) is 0 Å². The Balaban J connectivity index is 1.64. The summed E-state index contributed by atoms with van der Waals surface area (Å²) >= 11 is 1.53. The molecule has 0 atom stereocenters. The average molecular weight is 320 g/mol. The zero-order chi connectivity index (χ0) is 15.5. The minimum absolute atomic E-state index is 0.118. The number of hydrogen-bond donors (Lipinski definition) is 0. The van der Waals surface area contributed by atoms with Crippen LogP contribution < -0.4 is 0 Å².